The number of rotatable bonds is 0. The number of hydrogen-bond donors (Lipinski definition) is 1. The summed E-state index contributed by atoms with van der Waals surface area (Å²) in [6.07, 6.45) is 2.03. The van der Waals surface area contributed by atoms with Gasteiger partial charge in [-0.15, -0.1) is 12.4 Å². The second-order valence-corrected chi connectivity index (χ2v) is 2.94. The third kappa shape index (κ3) is 2.28. The van der Waals surface area contributed by atoms with Gasteiger partial charge in [0.1, 0.15) is 7.05 Å². The second kappa shape index (κ2) is 5.03. The van der Waals surface area contributed by atoms with Crippen LogP contribution in [0.15, 0.2) is 36.5 Å². The Morgan fingerprint density at radius 2 is 1.93 bits per heavy atom. The zero-order valence-electron chi connectivity index (χ0n) is 7.77. The van der Waals surface area contributed by atoms with E-state index in [2.05, 4.69) is 10.6 Å². The summed E-state index contributed by atoms with van der Waals surface area (Å²) in [4.78, 5) is 0. The molecule has 4 heteroatoms. The molecule has 76 valence electrons. The Bertz CT molecular complexity index is 429. The van der Waals surface area contributed by atoms with Crippen LogP contribution in [0.2, 0.25) is 0 Å². The lowest BCUT2D eigenvalue weighted by Crippen LogP contribution is -3.00. The maximum absolute atomic E-state index is 5.66. The van der Waals surface area contributed by atoms with E-state index in [9.17, 15) is 0 Å². The number of fused-ring (bicyclic) bond motifs is 1. The number of aromatic nitrogens is 1. The normalized spacial score (nSPS) is 8.93. The van der Waals surface area contributed by atoms with Gasteiger partial charge in [-0.25, -0.2) is 4.57 Å². The van der Waals surface area contributed by atoms with Crippen LogP contribution in [-0.4, -0.2) is 0 Å². The molecule has 0 atom stereocenters. The molecule has 0 radical (unpaired) electrons. The van der Waals surface area contributed by atoms with Gasteiger partial charge in [0.2, 0.25) is 5.52 Å². The number of aryl methyl sites for hydroxylation is 1. The first-order chi connectivity index (χ1) is 5.77. The third-order valence-electron chi connectivity index (χ3n) is 2.02. The number of nitrogens with two attached hydrogens (primary N) is 1. The monoisotopic (exact) mass is 230 g/mol. The van der Waals surface area contributed by atoms with Crippen molar-refractivity contribution in [1.82, 2.24) is 0 Å². The van der Waals surface area contributed by atoms with Crippen molar-refractivity contribution < 1.29 is 17.0 Å². The highest BCUT2D eigenvalue weighted by atomic mass is 35.5. The molecule has 2 rings (SSSR count). The van der Waals surface area contributed by atoms with Crippen LogP contribution in [0.25, 0.3) is 10.9 Å². The molecule has 2 N–H and O–H groups in total. The Morgan fingerprint density at radius 1 is 1.21 bits per heavy atom. The first-order valence-corrected chi connectivity index (χ1v) is 3.91. The Labute approximate surface area is 95.6 Å². The summed E-state index contributed by atoms with van der Waals surface area (Å²) in [6.45, 7) is 0. The van der Waals surface area contributed by atoms with E-state index in [1.54, 1.807) is 0 Å². The zero-order valence-corrected chi connectivity index (χ0v) is 9.35. The number of nitrogens with zero attached hydrogens (tertiary/aromatic N) is 1. The molecule has 2 nitrogen and oxygen atoms in total. The largest absolute Gasteiger partial charge is 1.00 e. The molecular formula is C10H12Cl2N2. The van der Waals surface area contributed by atoms with Gasteiger partial charge in [0, 0.05) is 23.2 Å². The fourth-order valence-electron chi connectivity index (χ4n) is 1.38. The number of anilines is 1. The van der Waals surface area contributed by atoms with Crippen molar-refractivity contribution >= 4 is 29.0 Å². The number of halogens is 2. The highest BCUT2D eigenvalue weighted by molar-refractivity contribution is 5.85. The van der Waals surface area contributed by atoms with Crippen molar-refractivity contribution in [3.8, 4) is 0 Å². The van der Waals surface area contributed by atoms with Crippen LogP contribution in [0, 0.1) is 0 Å². The van der Waals surface area contributed by atoms with Crippen LogP contribution in [0.1, 0.15) is 0 Å². The summed E-state index contributed by atoms with van der Waals surface area (Å²) < 4.78 is 2.08. The topological polar surface area (TPSA) is 29.9 Å². The van der Waals surface area contributed by atoms with Crippen molar-refractivity contribution in [3.05, 3.63) is 36.5 Å². The Hall–Kier alpha value is -0.990. The number of pyridine rings is 1. The zero-order chi connectivity index (χ0) is 8.55. The van der Waals surface area contributed by atoms with E-state index in [1.807, 2.05) is 37.5 Å². The molecule has 0 aliphatic heterocycles. The third-order valence-corrected chi connectivity index (χ3v) is 2.02. The van der Waals surface area contributed by atoms with E-state index in [4.69, 9.17) is 5.73 Å². The van der Waals surface area contributed by atoms with Crippen LogP contribution in [0.5, 0.6) is 0 Å². The highest BCUT2D eigenvalue weighted by Crippen LogP contribution is 2.12. The molecule has 1 aromatic heterocycles. The van der Waals surface area contributed by atoms with Crippen LogP contribution in [0.4, 0.5) is 5.69 Å². The molecule has 0 aliphatic carbocycles. The first kappa shape index (κ1) is 13.0. The molecule has 2 aromatic rings. The van der Waals surface area contributed by atoms with Gasteiger partial charge in [0.25, 0.3) is 0 Å². The van der Waals surface area contributed by atoms with E-state index in [0.29, 0.717) is 0 Å². The van der Waals surface area contributed by atoms with E-state index in [-0.39, 0.29) is 24.8 Å². The maximum Gasteiger partial charge on any atom is 0.212 e. The van der Waals surface area contributed by atoms with Crippen molar-refractivity contribution in [1.29, 1.82) is 0 Å². The summed E-state index contributed by atoms with van der Waals surface area (Å²) in [6, 6.07) is 10.0. The summed E-state index contributed by atoms with van der Waals surface area (Å²) in [5.41, 5.74) is 7.68. The molecule has 1 aromatic carbocycles. The van der Waals surface area contributed by atoms with Crippen LogP contribution in [0.3, 0.4) is 0 Å². The standard InChI is InChI=1S/C10H11N2.2ClH/c1-12-6-2-3-8-7-9(11)4-5-10(8)12;;/h2-7H,11H2,1H3;2*1H/q+1;;/p-1. The van der Waals surface area contributed by atoms with Gasteiger partial charge >= 0.3 is 0 Å². The van der Waals surface area contributed by atoms with E-state index >= 15 is 0 Å². The average Bonchev–Trinajstić information content (AvgIpc) is 2.04. The molecule has 0 fully saturated rings. The first-order valence-electron chi connectivity index (χ1n) is 3.91. The van der Waals surface area contributed by atoms with E-state index < -0.39 is 0 Å². The molecule has 0 saturated carbocycles. The van der Waals surface area contributed by atoms with Crippen molar-refractivity contribution in [3.63, 3.8) is 0 Å². The van der Waals surface area contributed by atoms with E-state index in [0.717, 1.165) is 5.69 Å². The summed E-state index contributed by atoms with van der Waals surface area (Å²) in [7, 11) is 2.03. The van der Waals surface area contributed by atoms with Gasteiger partial charge in [-0.2, -0.15) is 0 Å². The minimum atomic E-state index is 0. The van der Waals surface area contributed by atoms with Crippen molar-refractivity contribution in [2.75, 3.05) is 5.73 Å². The quantitative estimate of drug-likeness (QED) is 0.442. The minimum Gasteiger partial charge on any atom is -1.00 e. The van der Waals surface area contributed by atoms with E-state index in [1.165, 1.54) is 10.9 Å². The molecule has 0 aliphatic rings. The molecule has 0 unspecified atom stereocenters. The van der Waals surface area contributed by atoms with Crippen LogP contribution < -0.4 is 22.7 Å². The fraction of sp³-hybridized carbons (Fsp3) is 0.100. The smallest absolute Gasteiger partial charge is 0.212 e. The minimum absolute atomic E-state index is 0. The lowest BCUT2D eigenvalue weighted by molar-refractivity contribution is -0.644. The molecular weight excluding hydrogens is 219 g/mol. The fourth-order valence-corrected chi connectivity index (χ4v) is 1.38. The average molecular weight is 231 g/mol. The summed E-state index contributed by atoms with van der Waals surface area (Å²) in [5, 5.41) is 1.18. The molecule has 1 heterocycles. The Kier molecular flexibility index (Phi) is 4.68. The van der Waals surface area contributed by atoms with Gasteiger partial charge in [0.05, 0.1) is 0 Å². The predicted molar refractivity (Wildman–Crippen MR) is 56.8 cm³/mol. The molecule has 0 saturated heterocycles. The molecule has 0 spiro atoms. The Balaban J connectivity index is 0.000000845. The lowest BCUT2D eigenvalue weighted by atomic mass is 10.2. The van der Waals surface area contributed by atoms with Gasteiger partial charge in [-0.3, -0.25) is 0 Å². The summed E-state index contributed by atoms with van der Waals surface area (Å²) in [5.74, 6) is 0. The Morgan fingerprint density at radius 3 is 2.64 bits per heavy atom. The second-order valence-electron chi connectivity index (χ2n) is 2.94. The maximum atomic E-state index is 5.66. The SMILES string of the molecule is C[n+]1cccc2cc(N)ccc21.Cl.[Cl-]. The summed E-state index contributed by atoms with van der Waals surface area (Å²) >= 11 is 0. The molecule has 0 amide bonds. The molecule has 14 heavy (non-hydrogen) atoms. The number of nitrogen functional groups attached to an aromatic ring is 1. The van der Waals surface area contributed by atoms with Gasteiger partial charge in [-0.1, -0.05) is 0 Å². The van der Waals surface area contributed by atoms with Gasteiger partial charge in [-0.05, 0) is 18.2 Å². The van der Waals surface area contributed by atoms with Gasteiger partial charge in [0.15, 0.2) is 6.20 Å². The predicted octanol–water partition coefficient (Wildman–Crippen LogP) is -1.33. The highest BCUT2D eigenvalue weighted by Gasteiger charge is 2.01. The molecule has 0 bridgehead atoms. The van der Waals surface area contributed by atoms with Crippen molar-refractivity contribution in [2.45, 2.75) is 0 Å². The van der Waals surface area contributed by atoms with Crippen LogP contribution >= 0.6 is 12.4 Å². The van der Waals surface area contributed by atoms with Gasteiger partial charge < -0.3 is 18.1 Å². The number of hydrogen-bond acceptors (Lipinski definition) is 1. The lowest BCUT2D eigenvalue weighted by Gasteiger charge is -1.96. The number of benzene rings is 1. The van der Waals surface area contributed by atoms with Crippen LogP contribution in [-0.2, 0) is 7.05 Å². The van der Waals surface area contributed by atoms with Crippen molar-refractivity contribution in [2.24, 2.45) is 7.05 Å².